The van der Waals surface area contributed by atoms with Gasteiger partial charge < -0.3 is 14.4 Å². The lowest BCUT2D eigenvalue weighted by Gasteiger charge is -2.29. The van der Waals surface area contributed by atoms with Gasteiger partial charge in [0.15, 0.2) is 0 Å². The molecule has 1 rings (SSSR count). The molecule has 0 saturated heterocycles. The van der Waals surface area contributed by atoms with E-state index >= 15 is 0 Å². The summed E-state index contributed by atoms with van der Waals surface area (Å²) in [5.74, 6) is -0.150. The maximum absolute atomic E-state index is 11.7. The number of carbonyl (C=O) groups excluding carboxylic acids is 1. The molecule has 26 heavy (non-hydrogen) atoms. The van der Waals surface area contributed by atoms with Crippen LogP contribution in [0.3, 0.4) is 0 Å². The number of anilines is 1. The molecule has 7 heteroatoms. The molecule has 0 saturated carbocycles. The minimum atomic E-state index is -0.367. The van der Waals surface area contributed by atoms with E-state index in [0.29, 0.717) is 24.7 Å². The fourth-order valence-corrected chi connectivity index (χ4v) is 2.81. The van der Waals surface area contributed by atoms with E-state index in [4.69, 9.17) is 4.74 Å². The molecule has 0 aliphatic heterocycles. The van der Waals surface area contributed by atoms with Crippen molar-refractivity contribution in [1.29, 1.82) is 0 Å². The zero-order valence-electron chi connectivity index (χ0n) is 16.5. The number of nitro benzene ring substituents is 1. The van der Waals surface area contributed by atoms with Crippen LogP contribution in [0.2, 0.25) is 0 Å². The predicted molar refractivity (Wildman–Crippen MR) is 102 cm³/mol. The number of nitrogens with zero attached hydrogens (tertiary/aromatic N) is 2. The molecule has 0 amide bonds. The number of esters is 1. The van der Waals surface area contributed by atoms with Gasteiger partial charge in [-0.15, -0.1) is 0 Å². The summed E-state index contributed by atoms with van der Waals surface area (Å²) in [5.41, 5.74) is 1.36. The minimum absolute atomic E-state index is 0.0446. The summed E-state index contributed by atoms with van der Waals surface area (Å²) in [6.07, 6.45) is 0.134. The maximum atomic E-state index is 11.7. The summed E-state index contributed by atoms with van der Waals surface area (Å²) in [6, 6.07) is 5.18. The minimum Gasteiger partial charge on any atom is -0.469 e. The first kappa shape index (κ1) is 21.9. The fourth-order valence-electron chi connectivity index (χ4n) is 2.81. The van der Waals surface area contributed by atoms with Gasteiger partial charge in [0.2, 0.25) is 0 Å². The van der Waals surface area contributed by atoms with Crippen molar-refractivity contribution in [2.75, 3.05) is 32.2 Å². The van der Waals surface area contributed by atoms with Crippen molar-refractivity contribution in [2.24, 2.45) is 5.92 Å². The van der Waals surface area contributed by atoms with E-state index in [-0.39, 0.29) is 35.0 Å². The monoisotopic (exact) mass is 366 g/mol. The van der Waals surface area contributed by atoms with Crippen LogP contribution in [-0.2, 0) is 14.3 Å². The van der Waals surface area contributed by atoms with Crippen LogP contribution in [0.5, 0.6) is 0 Å². The van der Waals surface area contributed by atoms with Crippen LogP contribution in [0, 0.1) is 16.0 Å². The number of ether oxygens (including phenoxy) is 2. The van der Waals surface area contributed by atoms with Gasteiger partial charge in [0.1, 0.15) is 5.69 Å². The zero-order chi connectivity index (χ0) is 19.9. The van der Waals surface area contributed by atoms with Crippen LogP contribution >= 0.6 is 0 Å². The van der Waals surface area contributed by atoms with Gasteiger partial charge >= 0.3 is 5.97 Å². The summed E-state index contributed by atoms with van der Waals surface area (Å²) in [6.45, 7) is 9.19. The topological polar surface area (TPSA) is 81.9 Å². The molecule has 2 unspecified atom stereocenters. The van der Waals surface area contributed by atoms with Gasteiger partial charge in [0.05, 0.1) is 24.6 Å². The van der Waals surface area contributed by atoms with Crippen LogP contribution in [0.15, 0.2) is 18.2 Å². The lowest BCUT2D eigenvalue weighted by atomic mass is 9.96. The van der Waals surface area contributed by atoms with Crippen molar-refractivity contribution in [3.63, 3.8) is 0 Å². The molecule has 0 fully saturated rings. The van der Waals surface area contributed by atoms with Crippen LogP contribution in [-0.4, -0.2) is 44.3 Å². The van der Waals surface area contributed by atoms with Crippen molar-refractivity contribution in [2.45, 2.75) is 46.1 Å². The first-order valence-electron chi connectivity index (χ1n) is 8.82. The SMILES string of the molecule is COC(=O)CC(C)c1ccc(N(CC(C)C)CC(C)OC)c([N+](=O)[O-])c1. The Kier molecular flexibility index (Phi) is 8.51. The molecule has 0 bridgehead atoms. The summed E-state index contributed by atoms with van der Waals surface area (Å²) in [4.78, 5) is 24.8. The predicted octanol–water partition coefficient (Wildman–Crippen LogP) is 3.76. The van der Waals surface area contributed by atoms with Gasteiger partial charge in [-0.25, -0.2) is 0 Å². The van der Waals surface area contributed by atoms with Crippen LogP contribution < -0.4 is 4.90 Å². The van der Waals surface area contributed by atoms with E-state index in [1.165, 1.54) is 7.11 Å². The number of hydrogen-bond donors (Lipinski definition) is 0. The highest BCUT2D eigenvalue weighted by Gasteiger charge is 2.24. The normalized spacial score (nSPS) is 13.3. The van der Waals surface area contributed by atoms with E-state index in [1.54, 1.807) is 19.2 Å². The summed E-state index contributed by atoms with van der Waals surface area (Å²) in [7, 11) is 2.96. The molecule has 0 aromatic heterocycles. The molecular formula is C19H30N2O5. The first-order valence-corrected chi connectivity index (χ1v) is 8.82. The third-order valence-electron chi connectivity index (χ3n) is 4.27. The van der Waals surface area contributed by atoms with E-state index in [1.807, 2.05) is 24.8 Å². The molecule has 2 atom stereocenters. The molecule has 1 aromatic carbocycles. The average molecular weight is 366 g/mol. The molecule has 146 valence electrons. The van der Waals surface area contributed by atoms with Crippen LogP contribution in [0.4, 0.5) is 11.4 Å². The molecule has 0 heterocycles. The van der Waals surface area contributed by atoms with Gasteiger partial charge in [-0.05, 0) is 30.4 Å². The third kappa shape index (κ3) is 6.29. The Morgan fingerprint density at radius 1 is 1.19 bits per heavy atom. The van der Waals surface area contributed by atoms with Crippen molar-refractivity contribution >= 4 is 17.3 Å². The fraction of sp³-hybridized carbons (Fsp3) is 0.632. The molecule has 0 spiro atoms. The van der Waals surface area contributed by atoms with Gasteiger partial charge in [-0.1, -0.05) is 26.8 Å². The quantitative estimate of drug-likeness (QED) is 0.356. The van der Waals surface area contributed by atoms with Gasteiger partial charge in [0, 0.05) is 26.3 Å². The number of benzene rings is 1. The van der Waals surface area contributed by atoms with E-state index < -0.39 is 0 Å². The summed E-state index contributed by atoms with van der Waals surface area (Å²) < 4.78 is 10.0. The number of methoxy groups -OCH3 is 2. The van der Waals surface area contributed by atoms with Crippen molar-refractivity contribution in [3.8, 4) is 0 Å². The third-order valence-corrected chi connectivity index (χ3v) is 4.27. The van der Waals surface area contributed by atoms with E-state index in [0.717, 1.165) is 5.56 Å². The second kappa shape index (κ2) is 10.1. The molecule has 0 aliphatic carbocycles. The van der Waals surface area contributed by atoms with Gasteiger partial charge in [-0.3, -0.25) is 14.9 Å². The second-order valence-corrected chi connectivity index (χ2v) is 7.03. The Morgan fingerprint density at radius 2 is 1.85 bits per heavy atom. The second-order valence-electron chi connectivity index (χ2n) is 7.03. The molecule has 7 nitrogen and oxygen atoms in total. The lowest BCUT2D eigenvalue weighted by Crippen LogP contribution is -2.35. The molecule has 1 aromatic rings. The summed E-state index contributed by atoms with van der Waals surface area (Å²) >= 11 is 0. The molecular weight excluding hydrogens is 336 g/mol. The highest BCUT2D eigenvalue weighted by atomic mass is 16.6. The Hall–Kier alpha value is -2.15. The van der Waals surface area contributed by atoms with E-state index in [9.17, 15) is 14.9 Å². The molecule has 0 aliphatic rings. The van der Waals surface area contributed by atoms with Gasteiger partial charge in [-0.2, -0.15) is 0 Å². The van der Waals surface area contributed by atoms with Crippen molar-refractivity contribution < 1.29 is 19.2 Å². The standard InChI is InChI=1S/C19H30N2O5/c1-13(2)11-20(12-15(4)25-5)17-8-7-16(10-18(17)21(23)24)14(3)9-19(22)26-6/h7-8,10,13-15H,9,11-12H2,1-6H3. The Morgan fingerprint density at radius 3 is 2.35 bits per heavy atom. The highest BCUT2D eigenvalue weighted by Crippen LogP contribution is 2.33. The van der Waals surface area contributed by atoms with Crippen LogP contribution in [0.25, 0.3) is 0 Å². The smallest absolute Gasteiger partial charge is 0.306 e. The number of carbonyl (C=O) groups is 1. The van der Waals surface area contributed by atoms with Crippen LogP contribution in [0.1, 0.15) is 45.6 Å². The number of hydrogen-bond acceptors (Lipinski definition) is 6. The maximum Gasteiger partial charge on any atom is 0.306 e. The van der Waals surface area contributed by atoms with Gasteiger partial charge in [0.25, 0.3) is 5.69 Å². The Bertz CT molecular complexity index is 618. The molecule has 0 radical (unpaired) electrons. The van der Waals surface area contributed by atoms with E-state index in [2.05, 4.69) is 18.6 Å². The lowest BCUT2D eigenvalue weighted by molar-refractivity contribution is -0.384. The largest absolute Gasteiger partial charge is 0.469 e. The van der Waals surface area contributed by atoms with Crippen molar-refractivity contribution in [1.82, 2.24) is 0 Å². The van der Waals surface area contributed by atoms with Crippen molar-refractivity contribution in [3.05, 3.63) is 33.9 Å². The summed E-state index contributed by atoms with van der Waals surface area (Å²) in [5, 5.41) is 11.7. The Labute approximate surface area is 155 Å². The average Bonchev–Trinajstić information content (AvgIpc) is 2.59. The highest BCUT2D eigenvalue weighted by molar-refractivity contribution is 5.71. The molecule has 0 N–H and O–H groups in total. The first-order chi connectivity index (χ1) is 12.2. The zero-order valence-corrected chi connectivity index (χ0v) is 16.5. The Balaban J connectivity index is 3.23. The number of rotatable bonds is 10. The number of nitro groups is 1.